The Kier molecular flexibility index (Phi) is 3.30. The molecule has 0 atom stereocenters. The van der Waals surface area contributed by atoms with Crippen molar-refractivity contribution in [2.24, 2.45) is 0 Å². The van der Waals surface area contributed by atoms with Crippen molar-refractivity contribution in [3.05, 3.63) is 47.9 Å². The number of imidazole rings is 1. The van der Waals surface area contributed by atoms with Gasteiger partial charge in [-0.15, -0.1) is 5.10 Å². The molecule has 1 saturated carbocycles. The fourth-order valence-electron chi connectivity index (χ4n) is 3.76. The molecular formula is C20H23N5. The number of anilines is 1. The van der Waals surface area contributed by atoms with Crippen molar-refractivity contribution in [1.82, 2.24) is 19.7 Å². The van der Waals surface area contributed by atoms with E-state index in [0.717, 1.165) is 30.1 Å². The third kappa shape index (κ3) is 2.49. The first-order valence-corrected chi connectivity index (χ1v) is 9.26. The van der Waals surface area contributed by atoms with Gasteiger partial charge in [0.05, 0.1) is 22.8 Å². The highest BCUT2D eigenvalue weighted by molar-refractivity contribution is 5.76. The van der Waals surface area contributed by atoms with Crippen LogP contribution in [-0.2, 0) is 0 Å². The van der Waals surface area contributed by atoms with E-state index in [2.05, 4.69) is 69.9 Å². The minimum atomic E-state index is 0.416. The summed E-state index contributed by atoms with van der Waals surface area (Å²) in [6.07, 6.45) is 2.54. The predicted octanol–water partition coefficient (Wildman–Crippen LogP) is 3.89. The van der Waals surface area contributed by atoms with E-state index in [-0.39, 0.29) is 0 Å². The van der Waals surface area contributed by atoms with Crippen molar-refractivity contribution in [2.75, 3.05) is 18.0 Å². The Morgan fingerprint density at radius 3 is 2.48 bits per heavy atom. The summed E-state index contributed by atoms with van der Waals surface area (Å²) >= 11 is 0. The number of nitrogens with zero attached hydrogens (tertiary/aromatic N) is 5. The minimum Gasteiger partial charge on any atom is -0.351 e. The summed E-state index contributed by atoms with van der Waals surface area (Å²) in [7, 11) is 0. The molecule has 2 fully saturated rings. The number of hydrogen-bond donors (Lipinski definition) is 0. The molecule has 2 aliphatic rings. The summed E-state index contributed by atoms with van der Waals surface area (Å²) in [5.41, 5.74) is 3.49. The Bertz CT molecular complexity index is 901. The topological polar surface area (TPSA) is 46.8 Å². The van der Waals surface area contributed by atoms with Crippen LogP contribution in [0.3, 0.4) is 0 Å². The lowest BCUT2D eigenvalue weighted by Crippen LogP contribution is -2.48. The zero-order chi connectivity index (χ0) is 17.0. The van der Waals surface area contributed by atoms with Gasteiger partial charge >= 0.3 is 0 Å². The third-order valence-electron chi connectivity index (χ3n) is 5.36. The summed E-state index contributed by atoms with van der Waals surface area (Å²) in [6, 6.07) is 13.2. The molecule has 1 aromatic carbocycles. The highest BCUT2D eigenvalue weighted by Crippen LogP contribution is 2.39. The number of para-hydroxylation sites is 2. The molecular weight excluding hydrogens is 310 g/mol. The number of benzene rings is 1. The standard InChI is InChI=1S/C20H23N5/c1-13(2)20-21-17-5-3-4-6-18(17)25(20)15-11-24(12-15)19-10-9-16(22-23-19)14-7-8-14/h3-6,9-10,13-15H,7-8,11-12H2,1-2H3. The zero-order valence-corrected chi connectivity index (χ0v) is 14.8. The van der Waals surface area contributed by atoms with Crippen molar-refractivity contribution in [3.8, 4) is 0 Å². The maximum atomic E-state index is 4.87. The van der Waals surface area contributed by atoms with Crippen molar-refractivity contribution in [1.29, 1.82) is 0 Å². The minimum absolute atomic E-state index is 0.416. The Labute approximate surface area is 147 Å². The normalized spacial score (nSPS) is 18.1. The van der Waals surface area contributed by atoms with Crippen LogP contribution in [0.5, 0.6) is 0 Å². The smallest absolute Gasteiger partial charge is 0.151 e. The third-order valence-corrected chi connectivity index (χ3v) is 5.36. The summed E-state index contributed by atoms with van der Waals surface area (Å²) in [4.78, 5) is 7.18. The van der Waals surface area contributed by atoms with Crippen molar-refractivity contribution < 1.29 is 0 Å². The summed E-state index contributed by atoms with van der Waals surface area (Å²) in [5.74, 6) is 3.26. The molecule has 0 unspecified atom stereocenters. The van der Waals surface area contributed by atoms with Gasteiger partial charge in [0.1, 0.15) is 5.82 Å². The van der Waals surface area contributed by atoms with Gasteiger partial charge in [-0.05, 0) is 37.1 Å². The maximum absolute atomic E-state index is 4.87. The van der Waals surface area contributed by atoms with E-state index in [1.165, 1.54) is 24.2 Å². The number of fused-ring (bicyclic) bond motifs is 1. The van der Waals surface area contributed by atoms with E-state index in [4.69, 9.17) is 4.98 Å². The Hall–Kier alpha value is -2.43. The lowest BCUT2D eigenvalue weighted by molar-refractivity contribution is 0.389. The number of hydrogen-bond acceptors (Lipinski definition) is 4. The number of rotatable bonds is 4. The van der Waals surface area contributed by atoms with Gasteiger partial charge in [0.15, 0.2) is 5.82 Å². The van der Waals surface area contributed by atoms with Gasteiger partial charge in [-0.1, -0.05) is 26.0 Å². The van der Waals surface area contributed by atoms with Gasteiger partial charge < -0.3 is 9.47 Å². The van der Waals surface area contributed by atoms with Crippen molar-refractivity contribution >= 4 is 16.9 Å². The lowest BCUT2D eigenvalue weighted by Gasteiger charge is -2.41. The van der Waals surface area contributed by atoms with E-state index < -0.39 is 0 Å². The zero-order valence-electron chi connectivity index (χ0n) is 14.8. The van der Waals surface area contributed by atoms with Crippen LogP contribution in [0.25, 0.3) is 11.0 Å². The van der Waals surface area contributed by atoms with E-state index in [1.54, 1.807) is 0 Å². The molecule has 0 bridgehead atoms. The van der Waals surface area contributed by atoms with Gasteiger partial charge in [0.25, 0.3) is 0 Å². The molecule has 0 amide bonds. The van der Waals surface area contributed by atoms with Gasteiger partial charge in [-0.2, -0.15) is 5.10 Å². The van der Waals surface area contributed by atoms with Gasteiger partial charge in [-0.25, -0.2) is 4.98 Å². The quantitative estimate of drug-likeness (QED) is 0.727. The monoisotopic (exact) mass is 333 g/mol. The fourth-order valence-corrected chi connectivity index (χ4v) is 3.76. The lowest BCUT2D eigenvalue weighted by atomic mass is 10.1. The molecule has 5 heteroatoms. The summed E-state index contributed by atoms with van der Waals surface area (Å²) in [6.45, 7) is 6.38. The first-order valence-electron chi connectivity index (χ1n) is 9.26. The van der Waals surface area contributed by atoms with E-state index in [1.807, 2.05) is 0 Å². The van der Waals surface area contributed by atoms with Crippen LogP contribution in [0.4, 0.5) is 5.82 Å². The fraction of sp³-hybridized carbons (Fsp3) is 0.450. The van der Waals surface area contributed by atoms with Crippen LogP contribution in [0.1, 0.15) is 56.1 Å². The highest BCUT2D eigenvalue weighted by atomic mass is 15.3. The molecule has 0 spiro atoms. The van der Waals surface area contributed by atoms with Crippen LogP contribution in [0.15, 0.2) is 36.4 Å². The van der Waals surface area contributed by atoms with Crippen LogP contribution >= 0.6 is 0 Å². The maximum Gasteiger partial charge on any atom is 0.151 e. The van der Waals surface area contributed by atoms with E-state index in [9.17, 15) is 0 Å². The van der Waals surface area contributed by atoms with Crippen LogP contribution in [0, 0.1) is 0 Å². The second-order valence-electron chi connectivity index (χ2n) is 7.63. The Balaban J connectivity index is 1.39. The van der Waals surface area contributed by atoms with Crippen LogP contribution in [0.2, 0.25) is 0 Å². The molecule has 1 aliphatic heterocycles. The summed E-state index contributed by atoms with van der Waals surface area (Å²) in [5, 5.41) is 8.86. The molecule has 5 nitrogen and oxygen atoms in total. The van der Waals surface area contributed by atoms with Gasteiger partial charge in [0, 0.05) is 24.9 Å². The molecule has 1 saturated heterocycles. The second kappa shape index (κ2) is 5.55. The van der Waals surface area contributed by atoms with Crippen LogP contribution < -0.4 is 4.90 Å². The van der Waals surface area contributed by atoms with Gasteiger partial charge in [0.2, 0.25) is 0 Å². The molecule has 2 aromatic heterocycles. The van der Waals surface area contributed by atoms with Gasteiger partial charge in [-0.3, -0.25) is 0 Å². The molecule has 3 heterocycles. The molecule has 25 heavy (non-hydrogen) atoms. The van der Waals surface area contributed by atoms with E-state index in [0.29, 0.717) is 17.9 Å². The molecule has 3 aromatic rings. The molecule has 1 aliphatic carbocycles. The Morgan fingerprint density at radius 1 is 1.00 bits per heavy atom. The van der Waals surface area contributed by atoms with Crippen molar-refractivity contribution in [3.63, 3.8) is 0 Å². The first kappa shape index (κ1) is 14.9. The highest BCUT2D eigenvalue weighted by Gasteiger charge is 2.33. The molecule has 128 valence electrons. The average molecular weight is 333 g/mol. The number of aromatic nitrogens is 4. The second-order valence-corrected chi connectivity index (χ2v) is 7.63. The Morgan fingerprint density at radius 2 is 1.80 bits per heavy atom. The first-order chi connectivity index (χ1) is 12.2. The SMILES string of the molecule is CC(C)c1nc2ccccc2n1C1CN(c2ccc(C3CC3)nn2)C1. The molecule has 0 N–H and O–H groups in total. The predicted molar refractivity (Wildman–Crippen MR) is 99.1 cm³/mol. The van der Waals surface area contributed by atoms with Crippen LogP contribution in [-0.4, -0.2) is 32.8 Å². The van der Waals surface area contributed by atoms with Crippen molar-refractivity contribution in [2.45, 2.75) is 44.6 Å². The molecule has 5 rings (SSSR count). The molecule has 0 radical (unpaired) electrons. The average Bonchev–Trinajstić information content (AvgIpc) is 3.36. The largest absolute Gasteiger partial charge is 0.351 e. The summed E-state index contributed by atoms with van der Waals surface area (Å²) < 4.78 is 2.43. The van der Waals surface area contributed by atoms with E-state index >= 15 is 0 Å².